The van der Waals surface area contributed by atoms with Crippen LogP contribution in [0.15, 0.2) is 60.2 Å². The van der Waals surface area contributed by atoms with Crippen LogP contribution in [0.3, 0.4) is 0 Å². The summed E-state index contributed by atoms with van der Waals surface area (Å²) in [5, 5.41) is 0.781. The summed E-state index contributed by atoms with van der Waals surface area (Å²) in [6.45, 7) is 16.6. The van der Waals surface area contributed by atoms with Crippen LogP contribution in [0, 0.1) is 5.82 Å². The third-order valence-electron chi connectivity index (χ3n) is 8.09. The topological polar surface area (TPSA) is 84.2 Å². The molecule has 3 aromatic heterocycles. The predicted octanol–water partition coefficient (Wildman–Crippen LogP) is 6.49. The molecule has 5 rings (SSSR count). The molecular weight excluding hydrogens is 567 g/mol. The number of carbonyl (C=O) groups is 1. The summed E-state index contributed by atoms with van der Waals surface area (Å²) in [7, 11) is 0. The van der Waals surface area contributed by atoms with Crippen LogP contribution in [-0.4, -0.2) is 55.5 Å². The molecule has 1 aliphatic rings. The fraction of sp³-hybridized carbons (Fsp3) is 0.364. The number of piperazine rings is 1. The Labute approximate surface area is 255 Å². The monoisotopic (exact) mass is 602 g/mol. The highest BCUT2D eigenvalue weighted by Crippen LogP contribution is 2.37. The van der Waals surface area contributed by atoms with Crippen LogP contribution in [0.5, 0.6) is 0 Å². The predicted molar refractivity (Wildman–Crippen MR) is 170 cm³/mol. The van der Waals surface area contributed by atoms with Crippen molar-refractivity contribution in [1.29, 1.82) is 0 Å². The second-order valence-electron chi connectivity index (χ2n) is 11.7. The van der Waals surface area contributed by atoms with Gasteiger partial charge in [-0.05, 0) is 61.1 Å². The lowest BCUT2D eigenvalue weighted by Gasteiger charge is -2.44. The van der Waals surface area contributed by atoms with Gasteiger partial charge in [0.15, 0.2) is 5.65 Å². The molecule has 4 aromatic rings. The number of fused-ring (bicyclic) bond motifs is 1. The van der Waals surface area contributed by atoms with Gasteiger partial charge < -0.3 is 9.80 Å². The van der Waals surface area contributed by atoms with E-state index in [-0.39, 0.29) is 46.1 Å². The minimum absolute atomic E-state index is 0.0394. The summed E-state index contributed by atoms with van der Waals surface area (Å²) in [6, 6.07) is 7.67. The molecule has 0 spiro atoms. The molecule has 1 fully saturated rings. The van der Waals surface area contributed by atoms with E-state index in [4.69, 9.17) is 16.6 Å². The normalized spacial score (nSPS) is 17.3. The second kappa shape index (κ2) is 11.9. The molecule has 0 aliphatic carbocycles. The van der Waals surface area contributed by atoms with Crippen molar-refractivity contribution in [1.82, 2.24) is 24.4 Å². The lowest BCUT2D eigenvalue weighted by atomic mass is 9.95. The molecule has 0 radical (unpaired) electrons. The van der Waals surface area contributed by atoms with Crippen molar-refractivity contribution in [3.63, 3.8) is 0 Å². The zero-order valence-electron chi connectivity index (χ0n) is 25.3. The third-order valence-corrected chi connectivity index (χ3v) is 8.38. The highest BCUT2D eigenvalue weighted by Gasteiger charge is 2.34. The van der Waals surface area contributed by atoms with Crippen molar-refractivity contribution in [2.45, 2.75) is 65.5 Å². The van der Waals surface area contributed by atoms with Crippen LogP contribution >= 0.6 is 11.6 Å². The van der Waals surface area contributed by atoms with Crippen LogP contribution in [0.2, 0.25) is 5.02 Å². The van der Waals surface area contributed by atoms with Crippen molar-refractivity contribution in [2.24, 2.45) is 0 Å². The molecule has 43 heavy (non-hydrogen) atoms. The number of benzene rings is 1. The summed E-state index contributed by atoms with van der Waals surface area (Å²) >= 11 is 6.83. The van der Waals surface area contributed by atoms with E-state index < -0.39 is 11.5 Å². The first kappa shape index (κ1) is 30.4. The van der Waals surface area contributed by atoms with E-state index in [1.165, 1.54) is 16.7 Å². The summed E-state index contributed by atoms with van der Waals surface area (Å²) in [6.07, 6.45) is 4.85. The first-order valence-corrected chi connectivity index (χ1v) is 14.9. The van der Waals surface area contributed by atoms with E-state index in [0.29, 0.717) is 35.6 Å². The van der Waals surface area contributed by atoms with Gasteiger partial charge in [0.05, 0.1) is 21.8 Å². The summed E-state index contributed by atoms with van der Waals surface area (Å²) in [4.78, 5) is 44.6. The number of amides is 1. The Bertz CT molecular complexity index is 1760. The molecule has 1 saturated heterocycles. The first-order valence-electron chi connectivity index (χ1n) is 14.5. The fourth-order valence-corrected chi connectivity index (χ4v) is 6.06. The SMILES string of the molecule is C=CC(=O)N1CC(C)N(c2nc(=O)n(-c3c(C(C)C)cncc3C(C)C)c3nc(-c4ccccc4F)c(Cl)cc23)CC1C. The minimum Gasteiger partial charge on any atom is -0.349 e. The molecule has 224 valence electrons. The number of nitrogens with zero attached hydrogens (tertiary/aromatic N) is 6. The van der Waals surface area contributed by atoms with Gasteiger partial charge in [-0.2, -0.15) is 4.98 Å². The van der Waals surface area contributed by atoms with E-state index in [2.05, 4.69) is 16.5 Å². The highest BCUT2D eigenvalue weighted by molar-refractivity contribution is 6.33. The van der Waals surface area contributed by atoms with E-state index in [1.807, 2.05) is 46.4 Å². The Morgan fingerprint density at radius 3 is 2.30 bits per heavy atom. The van der Waals surface area contributed by atoms with Crippen LogP contribution in [0.1, 0.15) is 64.5 Å². The van der Waals surface area contributed by atoms with Gasteiger partial charge in [0, 0.05) is 43.1 Å². The maximum Gasteiger partial charge on any atom is 0.355 e. The molecule has 8 nitrogen and oxygen atoms in total. The molecule has 1 aromatic carbocycles. The molecule has 10 heteroatoms. The molecule has 0 N–H and O–H groups in total. The Morgan fingerprint density at radius 2 is 1.70 bits per heavy atom. The van der Waals surface area contributed by atoms with Gasteiger partial charge in [-0.3, -0.25) is 9.78 Å². The average Bonchev–Trinajstić information content (AvgIpc) is 2.97. The quantitative estimate of drug-likeness (QED) is 0.234. The van der Waals surface area contributed by atoms with Gasteiger partial charge in [-0.25, -0.2) is 18.7 Å². The summed E-state index contributed by atoms with van der Waals surface area (Å²) < 4.78 is 16.6. The van der Waals surface area contributed by atoms with E-state index in [0.717, 1.165) is 11.1 Å². The molecule has 4 heterocycles. The molecule has 2 atom stereocenters. The zero-order chi connectivity index (χ0) is 31.2. The van der Waals surface area contributed by atoms with Gasteiger partial charge in [-0.1, -0.05) is 58.0 Å². The van der Waals surface area contributed by atoms with Crippen molar-refractivity contribution in [2.75, 3.05) is 18.0 Å². The molecule has 0 bridgehead atoms. The number of carbonyl (C=O) groups excluding carboxylic acids is 1. The van der Waals surface area contributed by atoms with Gasteiger partial charge in [-0.15, -0.1) is 0 Å². The molecule has 1 aliphatic heterocycles. The van der Waals surface area contributed by atoms with Crippen LogP contribution in [0.4, 0.5) is 10.2 Å². The van der Waals surface area contributed by atoms with Crippen molar-refractivity contribution in [3.8, 4) is 16.9 Å². The Morgan fingerprint density at radius 1 is 1.05 bits per heavy atom. The number of pyridine rings is 2. The zero-order valence-corrected chi connectivity index (χ0v) is 26.1. The van der Waals surface area contributed by atoms with E-state index in [1.54, 1.807) is 41.6 Å². The fourth-order valence-electron chi connectivity index (χ4n) is 5.80. The van der Waals surface area contributed by atoms with Crippen LogP contribution in [-0.2, 0) is 4.79 Å². The lowest BCUT2D eigenvalue weighted by Crippen LogP contribution is -2.58. The molecule has 0 saturated carbocycles. The number of anilines is 1. The lowest BCUT2D eigenvalue weighted by molar-refractivity contribution is -0.128. The Kier molecular flexibility index (Phi) is 8.38. The number of halogens is 2. The molecule has 1 amide bonds. The van der Waals surface area contributed by atoms with Crippen molar-refractivity contribution >= 4 is 34.4 Å². The summed E-state index contributed by atoms with van der Waals surface area (Å²) in [5.74, 6) is -0.122. The number of rotatable bonds is 6. The highest BCUT2D eigenvalue weighted by atomic mass is 35.5. The van der Waals surface area contributed by atoms with Gasteiger partial charge in [0.1, 0.15) is 11.6 Å². The van der Waals surface area contributed by atoms with Crippen LogP contribution < -0.4 is 10.6 Å². The number of aromatic nitrogens is 4. The van der Waals surface area contributed by atoms with Crippen LogP contribution in [0.25, 0.3) is 28.0 Å². The Balaban J connectivity index is 1.86. The smallest absolute Gasteiger partial charge is 0.349 e. The van der Waals surface area contributed by atoms with E-state index in [9.17, 15) is 9.59 Å². The van der Waals surface area contributed by atoms with Crippen molar-refractivity contribution in [3.05, 3.63) is 87.8 Å². The van der Waals surface area contributed by atoms with Crippen molar-refractivity contribution < 1.29 is 9.18 Å². The average molecular weight is 603 g/mol. The van der Waals surface area contributed by atoms with Gasteiger partial charge in [0.2, 0.25) is 5.91 Å². The molecular formula is C33H36ClFN6O2. The Hall–Kier alpha value is -4.11. The minimum atomic E-state index is -0.517. The first-order chi connectivity index (χ1) is 20.4. The van der Waals surface area contributed by atoms with E-state index >= 15 is 4.39 Å². The second-order valence-corrected chi connectivity index (χ2v) is 12.2. The maximum atomic E-state index is 15.1. The van der Waals surface area contributed by atoms with Gasteiger partial charge >= 0.3 is 5.69 Å². The largest absolute Gasteiger partial charge is 0.355 e. The number of hydrogen-bond donors (Lipinski definition) is 0. The third kappa shape index (κ3) is 5.42. The summed E-state index contributed by atoms with van der Waals surface area (Å²) in [5.41, 5.74) is 2.66. The maximum absolute atomic E-state index is 15.1. The molecule has 2 unspecified atom stereocenters. The van der Waals surface area contributed by atoms with Gasteiger partial charge in [0.25, 0.3) is 0 Å². The standard InChI is InChI=1S/C33H36ClFN6O2/c1-8-28(42)39-16-21(7)40(17-20(39)6)31-23-13-26(34)29(22-11-9-10-12-27(22)35)37-32(23)41(33(43)38-31)30-24(18(2)3)14-36-15-25(30)19(4)5/h8-15,18-21H,1,16-17H2,2-7H3. The number of hydrogen-bond acceptors (Lipinski definition) is 6.